The number of carbonyl (C=O) groups excluding carboxylic acids is 1. The third-order valence-corrected chi connectivity index (χ3v) is 5.29. The summed E-state index contributed by atoms with van der Waals surface area (Å²) in [4.78, 5) is 17.1. The van der Waals surface area contributed by atoms with E-state index in [0.29, 0.717) is 11.7 Å². The minimum absolute atomic E-state index is 0.0292. The normalized spacial score (nSPS) is 18.4. The summed E-state index contributed by atoms with van der Waals surface area (Å²) in [6, 6.07) is 4.33. The number of imidazole rings is 1. The highest BCUT2D eigenvalue weighted by molar-refractivity contribution is 5.93. The lowest BCUT2D eigenvalue weighted by Crippen LogP contribution is -2.35. The molecular weight excluding hydrogens is 310 g/mol. The largest absolute Gasteiger partial charge is 0.348 e. The summed E-state index contributed by atoms with van der Waals surface area (Å²) in [7, 11) is 0. The van der Waals surface area contributed by atoms with Gasteiger partial charge in [0.25, 0.3) is 5.91 Å². The molecule has 0 atom stereocenters. The van der Waals surface area contributed by atoms with Crippen LogP contribution < -0.4 is 5.32 Å². The average Bonchev–Trinajstić information content (AvgIpc) is 3.00. The number of fused-ring (bicyclic) bond motifs is 1. The Kier molecular flexibility index (Phi) is 6.48. The van der Waals surface area contributed by atoms with Crippen molar-refractivity contribution in [3.8, 4) is 0 Å². The molecule has 0 bridgehead atoms. The molecule has 0 aromatic carbocycles. The van der Waals surface area contributed by atoms with Crippen LogP contribution in [0.25, 0.3) is 5.65 Å². The zero-order chi connectivity index (χ0) is 17.5. The Hall–Kier alpha value is -1.84. The van der Waals surface area contributed by atoms with Crippen LogP contribution in [0.3, 0.4) is 0 Å². The Morgan fingerprint density at radius 2 is 1.64 bits per heavy atom. The number of pyridine rings is 1. The predicted molar refractivity (Wildman–Crippen MR) is 102 cm³/mol. The predicted octanol–water partition coefficient (Wildman–Crippen LogP) is 5.05. The van der Waals surface area contributed by atoms with Crippen LogP contribution in [-0.2, 0) is 0 Å². The van der Waals surface area contributed by atoms with E-state index in [1.54, 1.807) is 0 Å². The molecule has 1 saturated carbocycles. The van der Waals surface area contributed by atoms with Gasteiger partial charge in [0.15, 0.2) is 0 Å². The molecule has 0 unspecified atom stereocenters. The van der Waals surface area contributed by atoms with Crippen molar-refractivity contribution in [2.45, 2.75) is 83.6 Å². The van der Waals surface area contributed by atoms with Crippen LogP contribution >= 0.6 is 0 Å². The van der Waals surface area contributed by atoms with Crippen LogP contribution in [0, 0.1) is 6.92 Å². The van der Waals surface area contributed by atoms with Gasteiger partial charge in [-0.25, -0.2) is 4.98 Å². The summed E-state index contributed by atoms with van der Waals surface area (Å²) in [5.74, 6) is -0.0292. The van der Waals surface area contributed by atoms with E-state index in [1.807, 2.05) is 35.9 Å². The Morgan fingerprint density at radius 3 is 2.28 bits per heavy atom. The SMILES string of the molecule is Cc1ccn2cc(C(=O)NC3CCCCCCCCCCC3)nc2c1. The van der Waals surface area contributed by atoms with Crippen molar-refractivity contribution in [3.05, 3.63) is 35.8 Å². The van der Waals surface area contributed by atoms with Gasteiger partial charge in [0.1, 0.15) is 11.3 Å². The van der Waals surface area contributed by atoms with Crippen LogP contribution in [0.5, 0.6) is 0 Å². The molecule has 1 N–H and O–H groups in total. The first kappa shape index (κ1) is 18.0. The fourth-order valence-corrected chi connectivity index (χ4v) is 3.76. The molecule has 3 rings (SSSR count). The van der Waals surface area contributed by atoms with Gasteiger partial charge in [-0.3, -0.25) is 4.79 Å². The van der Waals surface area contributed by atoms with E-state index >= 15 is 0 Å². The summed E-state index contributed by atoms with van der Waals surface area (Å²) in [5.41, 5.74) is 2.52. The van der Waals surface area contributed by atoms with Crippen molar-refractivity contribution in [3.63, 3.8) is 0 Å². The number of nitrogens with one attached hydrogen (secondary N) is 1. The molecule has 25 heavy (non-hydrogen) atoms. The van der Waals surface area contributed by atoms with Gasteiger partial charge < -0.3 is 9.72 Å². The first-order chi connectivity index (χ1) is 12.2. The highest BCUT2D eigenvalue weighted by atomic mass is 16.2. The van der Waals surface area contributed by atoms with Gasteiger partial charge in [-0.1, -0.05) is 57.8 Å². The van der Waals surface area contributed by atoms with Crippen LogP contribution in [0.2, 0.25) is 0 Å². The highest BCUT2D eigenvalue weighted by Gasteiger charge is 2.16. The Labute approximate surface area is 151 Å². The quantitative estimate of drug-likeness (QED) is 0.831. The van der Waals surface area contributed by atoms with Crippen molar-refractivity contribution < 1.29 is 4.79 Å². The van der Waals surface area contributed by atoms with E-state index in [9.17, 15) is 4.79 Å². The standard InChI is InChI=1S/C21H31N3O/c1-17-13-14-24-16-19(23-20(24)15-17)21(25)22-18-11-9-7-5-3-2-4-6-8-10-12-18/h13-16,18H,2-12H2,1H3,(H,22,25). The number of hydrogen-bond acceptors (Lipinski definition) is 2. The molecule has 1 aliphatic rings. The number of hydrogen-bond donors (Lipinski definition) is 1. The lowest BCUT2D eigenvalue weighted by Gasteiger charge is -2.19. The van der Waals surface area contributed by atoms with Crippen LogP contribution in [-0.4, -0.2) is 21.3 Å². The maximum atomic E-state index is 12.7. The van der Waals surface area contributed by atoms with Gasteiger partial charge in [0.2, 0.25) is 0 Å². The van der Waals surface area contributed by atoms with Crippen molar-refractivity contribution in [1.29, 1.82) is 0 Å². The molecule has 2 aromatic rings. The van der Waals surface area contributed by atoms with E-state index < -0.39 is 0 Å². The molecule has 2 aromatic heterocycles. The van der Waals surface area contributed by atoms with Crippen molar-refractivity contribution in [2.24, 2.45) is 0 Å². The van der Waals surface area contributed by atoms with E-state index in [1.165, 1.54) is 57.8 Å². The third-order valence-electron chi connectivity index (χ3n) is 5.29. The summed E-state index contributed by atoms with van der Waals surface area (Å²) < 4.78 is 1.92. The third kappa shape index (κ3) is 5.32. The number of nitrogens with zero attached hydrogens (tertiary/aromatic N) is 2. The second-order valence-electron chi connectivity index (χ2n) is 7.53. The first-order valence-electron chi connectivity index (χ1n) is 9.98. The van der Waals surface area contributed by atoms with Crippen LogP contribution in [0.4, 0.5) is 0 Å². The molecule has 0 spiro atoms. The van der Waals surface area contributed by atoms with E-state index in [0.717, 1.165) is 24.1 Å². The second-order valence-corrected chi connectivity index (χ2v) is 7.53. The van der Waals surface area contributed by atoms with Gasteiger partial charge in [-0.2, -0.15) is 0 Å². The highest BCUT2D eigenvalue weighted by Crippen LogP contribution is 2.17. The van der Waals surface area contributed by atoms with Crippen molar-refractivity contribution in [1.82, 2.24) is 14.7 Å². The van der Waals surface area contributed by atoms with E-state index in [4.69, 9.17) is 0 Å². The van der Waals surface area contributed by atoms with Crippen molar-refractivity contribution >= 4 is 11.6 Å². The summed E-state index contributed by atoms with van der Waals surface area (Å²) in [6.45, 7) is 2.04. The molecule has 0 saturated heterocycles. The molecule has 2 heterocycles. The van der Waals surface area contributed by atoms with Gasteiger partial charge in [-0.15, -0.1) is 0 Å². The Bertz CT molecular complexity index is 680. The van der Waals surface area contributed by atoms with Gasteiger partial charge in [0, 0.05) is 18.4 Å². The van der Waals surface area contributed by atoms with Crippen LogP contribution in [0.1, 0.15) is 86.7 Å². The fraction of sp³-hybridized carbons (Fsp3) is 0.619. The molecule has 136 valence electrons. The number of aromatic nitrogens is 2. The summed E-state index contributed by atoms with van der Waals surface area (Å²) in [6.07, 6.45) is 17.8. The van der Waals surface area contributed by atoms with E-state index in [-0.39, 0.29) is 5.91 Å². The Balaban J connectivity index is 1.61. The minimum atomic E-state index is -0.0292. The lowest BCUT2D eigenvalue weighted by atomic mass is 9.98. The van der Waals surface area contributed by atoms with E-state index in [2.05, 4.69) is 10.3 Å². The molecule has 1 amide bonds. The zero-order valence-corrected chi connectivity index (χ0v) is 15.5. The smallest absolute Gasteiger partial charge is 0.271 e. The first-order valence-corrected chi connectivity index (χ1v) is 9.98. The Morgan fingerprint density at radius 1 is 1.04 bits per heavy atom. The number of carbonyl (C=O) groups is 1. The minimum Gasteiger partial charge on any atom is -0.348 e. The topological polar surface area (TPSA) is 46.4 Å². The second kappa shape index (κ2) is 9.02. The summed E-state index contributed by atoms with van der Waals surface area (Å²) in [5, 5.41) is 3.25. The van der Waals surface area contributed by atoms with Gasteiger partial charge in [0.05, 0.1) is 0 Å². The van der Waals surface area contributed by atoms with Gasteiger partial charge >= 0.3 is 0 Å². The fourth-order valence-electron chi connectivity index (χ4n) is 3.76. The van der Waals surface area contributed by atoms with Gasteiger partial charge in [-0.05, 0) is 37.5 Å². The summed E-state index contributed by atoms with van der Waals surface area (Å²) >= 11 is 0. The maximum Gasteiger partial charge on any atom is 0.271 e. The average molecular weight is 341 g/mol. The lowest BCUT2D eigenvalue weighted by molar-refractivity contribution is 0.0927. The molecular formula is C21H31N3O. The molecule has 0 radical (unpaired) electrons. The molecule has 0 aliphatic heterocycles. The molecule has 1 aliphatic carbocycles. The monoisotopic (exact) mass is 341 g/mol. The van der Waals surface area contributed by atoms with Crippen molar-refractivity contribution in [2.75, 3.05) is 0 Å². The number of rotatable bonds is 2. The maximum absolute atomic E-state index is 12.7. The molecule has 4 heteroatoms. The number of amides is 1. The zero-order valence-electron chi connectivity index (χ0n) is 15.5. The van der Waals surface area contributed by atoms with Crippen LogP contribution in [0.15, 0.2) is 24.5 Å². The number of aryl methyl sites for hydroxylation is 1. The molecule has 4 nitrogen and oxygen atoms in total. The molecule has 1 fully saturated rings.